The van der Waals surface area contributed by atoms with Crippen molar-refractivity contribution in [1.29, 1.82) is 0 Å². The van der Waals surface area contributed by atoms with Crippen LogP contribution in [0.1, 0.15) is 0 Å². The number of rotatable bonds is 1. The molecule has 2 rings (SSSR count). The van der Waals surface area contributed by atoms with E-state index >= 15 is 0 Å². The fourth-order valence-electron chi connectivity index (χ4n) is 1.32. The van der Waals surface area contributed by atoms with E-state index in [9.17, 15) is 0 Å². The summed E-state index contributed by atoms with van der Waals surface area (Å²) < 4.78 is 3.09. The molecule has 0 bridgehead atoms. The highest BCUT2D eigenvalue weighted by molar-refractivity contribution is 7.16. The molecule has 0 spiro atoms. The van der Waals surface area contributed by atoms with Crippen LogP contribution in [0.15, 0.2) is 23.4 Å². The molecule has 0 aliphatic carbocycles. The number of hydrogen-bond acceptors (Lipinski definition) is 4. The Bertz CT molecular complexity index is 526. The van der Waals surface area contributed by atoms with Crippen molar-refractivity contribution in [2.24, 2.45) is 12.2 Å². The molecule has 2 aromatic rings. The second-order valence-corrected chi connectivity index (χ2v) is 3.95. The van der Waals surface area contributed by atoms with Gasteiger partial charge in [-0.2, -0.15) is 0 Å². The summed E-state index contributed by atoms with van der Waals surface area (Å²) in [4.78, 5) is 5.58. The lowest BCUT2D eigenvalue weighted by Crippen LogP contribution is -2.09. The van der Waals surface area contributed by atoms with Gasteiger partial charge in [-0.3, -0.25) is 0 Å². The van der Waals surface area contributed by atoms with Gasteiger partial charge < -0.3 is 15.1 Å². The number of nitrogens with zero attached hydrogens (tertiary/aromatic N) is 2. The SMILES string of the molecule is CON=c1sc2cc(N)ccc2n1C. The van der Waals surface area contributed by atoms with Gasteiger partial charge in [0.15, 0.2) is 0 Å². The lowest BCUT2D eigenvalue weighted by molar-refractivity contribution is 0.198. The molecular weight excluding hydrogens is 198 g/mol. The Morgan fingerprint density at radius 3 is 3.00 bits per heavy atom. The molecule has 1 aromatic carbocycles. The van der Waals surface area contributed by atoms with Crippen molar-refractivity contribution in [2.75, 3.05) is 12.8 Å². The van der Waals surface area contributed by atoms with Crippen LogP contribution >= 0.6 is 11.3 Å². The third-order valence-corrected chi connectivity index (χ3v) is 3.08. The molecule has 0 radical (unpaired) electrons. The number of aryl methyl sites for hydroxylation is 1. The maximum atomic E-state index is 5.69. The molecular formula is C9H11N3OS. The van der Waals surface area contributed by atoms with E-state index in [1.165, 1.54) is 0 Å². The second kappa shape index (κ2) is 3.34. The Morgan fingerprint density at radius 2 is 2.29 bits per heavy atom. The largest absolute Gasteiger partial charge is 0.399 e. The molecule has 4 nitrogen and oxygen atoms in total. The molecule has 0 saturated carbocycles. The van der Waals surface area contributed by atoms with Crippen molar-refractivity contribution < 1.29 is 4.84 Å². The topological polar surface area (TPSA) is 52.5 Å². The van der Waals surface area contributed by atoms with E-state index in [4.69, 9.17) is 10.6 Å². The van der Waals surface area contributed by atoms with E-state index < -0.39 is 0 Å². The summed E-state index contributed by atoms with van der Waals surface area (Å²) in [5.41, 5.74) is 7.57. The van der Waals surface area contributed by atoms with Crippen LogP contribution in [0.25, 0.3) is 10.2 Å². The zero-order valence-corrected chi connectivity index (χ0v) is 8.84. The Balaban J connectivity index is 2.80. The van der Waals surface area contributed by atoms with Crippen molar-refractivity contribution >= 4 is 27.2 Å². The smallest absolute Gasteiger partial charge is 0.228 e. The summed E-state index contributed by atoms with van der Waals surface area (Å²) in [7, 11) is 3.49. The first kappa shape index (κ1) is 9.08. The Hall–Kier alpha value is -1.49. The normalized spacial score (nSPS) is 12.3. The number of hydrogen-bond donors (Lipinski definition) is 1. The summed E-state index contributed by atoms with van der Waals surface area (Å²) in [6.45, 7) is 0. The lowest BCUT2D eigenvalue weighted by Gasteiger charge is -1.95. The number of fused-ring (bicyclic) bond motifs is 1. The zero-order valence-electron chi connectivity index (χ0n) is 8.02. The third kappa shape index (κ3) is 1.35. The van der Waals surface area contributed by atoms with Crippen LogP contribution in [0, 0.1) is 0 Å². The number of thiazole rings is 1. The minimum absolute atomic E-state index is 0.767. The highest BCUT2D eigenvalue weighted by atomic mass is 32.1. The van der Waals surface area contributed by atoms with Crippen LogP contribution in [-0.2, 0) is 11.9 Å². The van der Waals surface area contributed by atoms with E-state index in [-0.39, 0.29) is 0 Å². The molecule has 0 aliphatic heterocycles. The molecule has 5 heteroatoms. The van der Waals surface area contributed by atoms with Crippen molar-refractivity contribution in [3.8, 4) is 0 Å². The second-order valence-electron chi connectivity index (χ2n) is 2.94. The molecule has 14 heavy (non-hydrogen) atoms. The van der Waals surface area contributed by atoms with Crippen molar-refractivity contribution in [2.45, 2.75) is 0 Å². The van der Waals surface area contributed by atoms with Gasteiger partial charge in [-0.25, -0.2) is 0 Å². The standard InChI is InChI=1S/C9H11N3OS/c1-12-7-4-3-6(10)5-8(7)14-9(12)11-13-2/h3-5H,10H2,1-2H3. The van der Waals surface area contributed by atoms with Crippen LogP contribution in [0.4, 0.5) is 5.69 Å². The zero-order chi connectivity index (χ0) is 10.1. The summed E-state index contributed by atoms with van der Waals surface area (Å²) >= 11 is 1.55. The maximum Gasteiger partial charge on any atom is 0.228 e. The van der Waals surface area contributed by atoms with Crippen LogP contribution < -0.4 is 10.5 Å². The van der Waals surface area contributed by atoms with Crippen molar-refractivity contribution in [1.82, 2.24) is 4.57 Å². The van der Waals surface area contributed by atoms with Gasteiger partial charge in [-0.05, 0) is 18.2 Å². The van der Waals surface area contributed by atoms with Gasteiger partial charge in [0.25, 0.3) is 0 Å². The minimum Gasteiger partial charge on any atom is -0.399 e. The Morgan fingerprint density at radius 1 is 1.50 bits per heavy atom. The Labute approximate surface area is 85.2 Å². The predicted molar refractivity (Wildman–Crippen MR) is 57.8 cm³/mol. The van der Waals surface area contributed by atoms with Gasteiger partial charge in [0, 0.05) is 12.7 Å². The van der Waals surface area contributed by atoms with Gasteiger partial charge in [0.2, 0.25) is 4.80 Å². The number of nitrogens with two attached hydrogens (primary N) is 1. The number of nitrogen functional groups attached to an aromatic ring is 1. The first-order chi connectivity index (χ1) is 6.72. The molecule has 0 unspecified atom stereocenters. The summed E-state index contributed by atoms with van der Waals surface area (Å²) in [6.07, 6.45) is 0. The molecule has 74 valence electrons. The first-order valence-electron chi connectivity index (χ1n) is 4.14. The average molecular weight is 209 g/mol. The van der Waals surface area contributed by atoms with Crippen LogP contribution in [0.2, 0.25) is 0 Å². The lowest BCUT2D eigenvalue weighted by atomic mass is 10.3. The third-order valence-electron chi connectivity index (χ3n) is 2.00. The number of anilines is 1. The summed E-state index contributed by atoms with van der Waals surface area (Å²) in [5, 5.41) is 3.91. The van der Waals surface area contributed by atoms with E-state index in [1.54, 1.807) is 18.4 Å². The van der Waals surface area contributed by atoms with E-state index in [0.29, 0.717) is 0 Å². The van der Waals surface area contributed by atoms with Crippen molar-refractivity contribution in [3.63, 3.8) is 0 Å². The monoisotopic (exact) mass is 209 g/mol. The molecule has 0 saturated heterocycles. The fraction of sp³-hybridized carbons (Fsp3) is 0.222. The predicted octanol–water partition coefficient (Wildman–Crippen LogP) is 1.28. The van der Waals surface area contributed by atoms with Crippen LogP contribution in [-0.4, -0.2) is 11.7 Å². The Kier molecular flexibility index (Phi) is 2.17. The summed E-state index contributed by atoms with van der Waals surface area (Å²) in [5.74, 6) is 0. The van der Waals surface area contributed by atoms with Gasteiger partial charge >= 0.3 is 0 Å². The van der Waals surface area contributed by atoms with Crippen LogP contribution in [0.3, 0.4) is 0 Å². The molecule has 1 aromatic heterocycles. The highest BCUT2D eigenvalue weighted by Gasteiger charge is 2.02. The number of benzene rings is 1. The molecule has 0 fully saturated rings. The molecule has 2 N–H and O–H groups in total. The molecule has 1 heterocycles. The fourth-order valence-corrected chi connectivity index (χ4v) is 2.37. The van der Waals surface area contributed by atoms with E-state index in [1.807, 2.05) is 29.8 Å². The minimum atomic E-state index is 0.767. The maximum absolute atomic E-state index is 5.69. The number of aromatic nitrogens is 1. The van der Waals surface area contributed by atoms with Gasteiger partial charge in [0.05, 0.1) is 10.2 Å². The van der Waals surface area contributed by atoms with Gasteiger partial charge in [-0.15, -0.1) is 0 Å². The van der Waals surface area contributed by atoms with Gasteiger partial charge in [0.1, 0.15) is 7.11 Å². The highest BCUT2D eigenvalue weighted by Crippen LogP contribution is 2.19. The van der Waals surface area contributed by atoms with E-state index in [0.717, 1.165) is 20.7 Å². The van der Waals surface area contributed by atoms with Crippen molar-refractivity contribution in [3.05, 3.63) is 23.0 Å². The van der Waals surface area contributed by atoms with E-state index in [2.05, 4.69) is 5.16 Å². The molecule has 0 atom stereocenters. The molecule has 0 amide bonds. The summed E-state index contributed by atoms with van der Waals surface area (Å²) in [6, 6.07) is 5.80. The van der Waals surface area contributed by atoms with Gasteiger partial charge in [-0.1, -0.05) is 16.5 Å². The quantitative estimate of drug-likeness (QED) is 0.568. The van der Waals surface area contributed by atoms with Crippen LogP contribution in [0.5, 0.6) is 0 Å². The average Bonchev–Trinajstić information content (AvgIpc) is 2.44. The molecule has 0 aliphatic rings. The first-order valence-corrected chi connectivity index (χ1v) is 4.96.